The summed E-state index contributed by atoms with van der Waals surface area (Å²) in [6.45, 7) is 4.16. The highest BCUT2D eigenvalue weighted by atomic mass is 16.5. The minimum atomic E-state index is -0.451. The second-order valence-corrected chi connectivity index (χ2v) is 6.63. The number of nitrogens with zero attached hydrogens (tertiary/aromatic N) is 1. The number of aliphatic hydroxyl groups is 1. The van der Waals surface area contributed by atoms with E-state index in [1.54, 1.807) is 30.2 Å². The van der Waals surface area contributed by atoms with E-state index in [1.165, 1.54) is 7.11 Å². The quantitative estimate of drug-likeness (QED) is 0.731. The predicted molar refractivity (Wildman–Crippen MR) is 98.5 cm³/mol. The fraction of sp³-hybridized carbons (Fsp3) is 0.579. The number of carbonyl (C=O) groups is 2. The maximum Gasteiger partial charge on any atom is 0.227 e. The first-order chi connectivity index (χ1) is 12.4. The van der Waals surface area contributed by atoms with Crippen LogP contribution >= 0.6 is 0 Å². The van der Waals surface area contributed by atoms with Crippen LogP contribution in [0.4, 0.5) is 5.69 Å². The Balaban J connectivity index is 2.12. The molecule has 2 rings (SSSR count). The molecule has 7 nitrogen and oxygen atoms in total. The molecule has 0 aliphatic carbocycles. The average molecular weight is 364 g/mol. The van der Waals surface area contributed by atoms with E-state index in [0.29, 0.717) is 17.2 Å². The Hall–Kier alpha value is -2.28. The highest BCUT2D eigenvalue weighted by Crippen LogP contribution is 2.35. The number of carbonyl (C=O) groups excluding carboxylic acids is 2. The summed E-state index contributed by atoms with van der Waals surface area (Å²) in [7, 11) is 3.09. The zero-order chi connectivity index (χ0) is 19.3. The molecule has 144 valence electrons. The molecule has 3 unspecified atom stereocenters. The van der Waals surface area contributed by atoms with Gasteiger partial charge in [-0.05, 0) is 18.1 Å². The van der Waals surface area contributed by atoms with Gasteiger partial charge in [0.2, 0.25) is 11.8 Å². The van der Waals surface area contributed by atoms with Crippen molar-refractivity contribution in [3.8, 4) is 11.5 Å². The van der Waals surface area contributed by atoms with Crippen LogP contribution in [0.3, 0.4) is 0 Å². The molecule has 2 N–H and O–H groups in total. The summed E-state index contributed by atoms with van der Waals surface area (Å²) in [6.07, 6.45) is 0.990. The van der Waals surface area contributed by atoms with Gasteiger partial charge in [0, 0.05) is 19.0 Å². The number of aliphatic hydroxyl groups excluding tert-OH is 1. The first kappa shape index (κ1) is 20.0. The van der Waals surface area contributed by atoms with Crippen molar-refractivity contribution >= 4 is 17.5 Å². The van der Waals surface area contributed by atoms with E-state index in [9.17, 15) is 14.7 Å². The van der Waals surface area contributed by atoms with E-state index in [2.05, 4.69) is 5.32 Å². The smallest absolute Gasteiger partial charge is 0.227 e. The summed E-state index contributed by atoms with van der Waals surface area (Å²) in [5.41, 5.74) is 0.620. The van der Waals surface area contributed by atoms with Gasteiger partial charge < -0.3 is 24.8 Å². The van der Waals surface area contributed by atoms with E-state index in [4.69, 9.17) is 9.47 Å². The van der Waals surface area contributed by atoms with Crippen LogP contribution in [0.5, 0.6) is 11.5 Å². The zero-order valence-electron chi connectivity index (χ0n) is 15.8. The minimum Gasteiger partial charge on any atom is -0.497 e. The van der Waals surface area contributed by atoms with Gasteiger partial charge in [0.15, 0.2) is 0 Å². The van der Waals surface area contributed by atoms with Crippen molar-refractivity contribution < 1.29 is 24.2 Å². The number of hydrogen-bond donors (Lipinski definition) is 2. The van der Waals surface area contributed by atoms with Crippen LogP contribution in [0.15, 0.2) is 18.2 Å². The number of benzene rings is 1. The van der Waals surface area contributed by atoms with E-state index in [0.717, 1.165) is 6.42 Å². The van der Waals surface area contributed by atoms with Crippen LogP contribution in [0, 0.1) is 11.8 Å². The Morgan fingerprint density at radius 3 is 2.69 bits per heavy atom. The number of nitrogens with one attached hydrogen (secondary N) is 1. The minimum absolute atomic E-state index is 0.114. The molecule has 1 saturated heterocycles. The lowest BCUT2D eigenvalue weighted by molar-refractivity contribution is -0.127. The lowest BCUT2D eigenvalue weighted by Gasteiger charge is -2.24. The molecule has 1 heterocycles. The Labute approximate surface area is 154 Å². The van der Waals surface area contributed by atoms with Crippen LogP contribution < -0.4 is 19.7 Å². The van der Waals surface area contributed by atoms with Gasteiger partial charge in [-0.15, -0.1) is 0 Å². The van der Waals surface area contributed by atoms with Crippen molar-refractivity contribution in [1.29, 1.82) is 0 Å². The number of amides is 2. The fourth-order valence-electron chi connectivity index (χ4n) is 3.08. The largest absolute Gasteiger partial charge is 0.497 e. The molecule has 2 amide bonds. The molecule has 0 radical (unpaired) electrons. The molecule has 1 aromatic carbocycles. The molecular weight excluding hydrogens is 336 g/mol. The van der Waals surface area contributed by atoms with Crippen molar-refractivity contribution in [3.63, 3.8) is 0 Å². The Kier molecular flexibility index (Phi) is 6.85. The second kappa shape index (κ2) is 8.89. The molecule has 7 heteroatoms. The van der Waals surface area contributed by atoms with E-state index in [1.807, 2.05) is 13.8 Å². The Bertz CT molecular complexity index is 649. The van der Waals surface area contributed by atoms with Gasteiger partial charge in [0.1, 0.15) is 11.5 Å². The topological polar surface area (TPSA) is 88.1 Å². The molecule has 1 aliphatic rings. The Morgan fingerprint density at radius 2 is 2.12 bits per heavy atom. The average Bonchev–Trinajstić information content (AvgIpc) is 3.06. The first-order valence-electron chi connectivity index (χ1n) is 8.88. The molecule has 26 heavy (non-hydrogen) atoms. The summed E-state index contributed by atoms with van der Waals surface area (Å²) in [4.78, 5) is 26.6. The van der Waals surface area contributed by atoms with Crippen molar-refractivity contribution in [2.45, 2.75) is 32.7 Å². The van der Waals surface area contributed by atoms with Crippen LogP contribution in [0.1, 0.15) is 26.7 Å². The summed E-state index contributed by atoms with van der Waals surface area (Å²) in [5, 5.41) is 12.4. The van der Waals surface area contributed by atoms with Crippen LogP contribution in [0.2, 0.25) is 0 Å². The van der Waals surface area contributed by atoms with Gasteiger partial charge >= 0.3 is 0 Å². The molecule has 0 spiro atoms. The highest BCUT2D eigenvalue weighted by molar-refractivity contribution is 6.01. The summed E-state index contributed by atoms with van der Waals surface area (Å²) < 4.78 is 10.5. The van der Waals surface area contributed by atoms with Crippen LogP contribution in [-0.2, 0) is 9.59 Å². The number of rotatable bonds is 8. The highest BCUT2D eigenvalue weighted by Gasteiger charge is 2.37. The molecule has 1 fully saturated rings. The normalized spacial score (nSPS) is 19.2. The zero-order valence-corrected chi connectivity index (χ0v) is 15.8. The predicted octanol–water partition coefficient (Wildman–Crippen LogP) is 1.58. The fourth-order valence-corrected chi connectivity index (χ4v) is 3.08. The van der Waals surface area contributed by atoms with E-state index >= 15 is 0 Å². The molecule has 0 saturated carbocycles. The molecule has 0 aromatic heterocycles. The third kappa shape index (κ3) is 4.27. The number of hydrogen-bond acceptors (Lipinski definition) is 5. The van der Waals surface area contributed by atoms with Crippen molar-refractivity contribution in [1.82, 2.24) is 5.32 Å². The van der Waals surface area contributed by atoms with Gasteiger partial charge in [-0.1, -0.05) is 20.3 Å². The lowest BCUT2D eigenvalue weighted by atomic mass is 9.98. The standard InChI is InChI=1S/C19H28N2O5/c1-5-12(2)15(11-22)20-19(24)13-8-18(23)21(10-13)16-7-6-14(25-3)9-17(16)26-4/h6-7,9,12-13,15,22H,5,8,10-11H2,1-4H3,(H,20,24). The second-order valence-electron chi connectivity index (χ2n) is 6.63. The number of ether oxygens (including phenoxy) is 2. The van der Waals surface area contributed by atoms with E-state index in [-0.39, 0.29) is 43.3 Å². The van der Waals surface area contributed by atoms with Crippen LogP contribution in [-0.4, -0.2) is 50.3 Å². The Morgan fingerprint density at radius 1 is 1.38 bits per heavy atom. The summed E-state index contributed by atoms with van der Waals surface area (Å²) >= 11 is 0. The molecule has 3 atom stereocenters. The number of methoxy groups -OCH3 is 2. The van der Waals surface area contributed by atoms with Crippen molar-refractivity contribution in [2.24, 2.45) is 11.8 Å². The van der Waals surface area contributed by atoms with Gasteiger partial charge in [-0.25, -0.2) is 0 Å². The number of anilines is 1. The van der Waals surface area contributed by atoms with Crippen LogP contribution in [0.25, 0.3) is 0 Å². The van der Waals surface area contributed by atoms with Crippen molar-refractivity contribution in [3.05, 3.63) is 18.2 Å². The maximum absolute atomic E-state index is 12.6. The van der Waals surface area contributed by atoms with E-state index < -0.39 is 5.92 Å². The monoisotopic (exact) mass is 364 g/mol. The molecule has 1 aromatic rings. The summed E-state index contributed by atoms with van der Waals surface area (Å²) in [6, 6.07) is 4.92. The van der Waals surface area contributed by atoms with Gasteiger partial charge in [-0.2, -0.15) is 0 Å². The molecular formula is C19H28N2O5. The summed E-state index contributed by atoms with van der Waals surface area (Å²) in [5.74, 6) is 0.536. The third-order valence-corrected chi connectivity index (χ3v) is 5.03. The molecule has 1 aliphatic heterocycles. The molecule has 0 bridgehead atoms. The maximum atomic E-state index is 12.6. The van der Waals surface area contributed by atoms with Gasteiger partial charge in [0.25, 0.3) is 0 Å². The van der Waals surface area contributed by atoms with Crippen molar-refractivity contribution in [2.75, 3.05) is 32.3 Å². The lowest BCUT2D eigenvalue weighted by Crippen LogP contribution is -2.45. The van der Waals surface area contributed by atoms with Gasteiger partial charge in [0.05, 0.1) is 38.5 Å². The SMILES string of the molecule is CCC(C)C(CO)NC(=O)C1CC(=O)N(c2ccc(OC)cc2OC)C1. The first-order valence-corrected chi connectivity index (χ1v) is 8.88. The van der Waals surface area contributed by atoms with Gasteiger partial charge in [-0.3, -0.25) is 9.59 Å². The third-order valence-electron chi connectivity index (χ3n) is 5.03.